The second-order valence-corrected chi connectivity index (χ2v) is 26.0. The summed E-state index contributed by atoms with van der Waals surface area (Å²) in [5.74, 6) is 1.37. The normalized spacial score (nSPS) is 14.9. The molecule has 1 aliphatic carbocycles. The minimum atomic E-state index is -0.142. The first kappa shape index (κ1) is 58.3. The molecule has 0 bridgehead atoms. The van der Waals surface area contributed by atoms with E-state index in [0.29, 0.717) is 23.5 Å². The summed E-state index contributed by atoms with van der Waals surface area (Å²) in [6, 6.07) is 78.0. The summed E-state index contributed by atoms with van der Waals surface area (Å²) in [7, 11) is 1.70. The summed E-state index contributed by atoms with van der Waals surface area (Å²) < 4.78 is 21.1. The van der Waals surface area contributed by atoms with E-state index in [1.54, 1.807) is 7.11 Å². The molecule has 0 saturated heterocycles. The lowest BCUT2D eigenvalue weighted by Crippen LogP contribution is -2.34. The second-order valence-electron chi connectivity index (χ2n) is 26.0. The largest absolute Gasteiger partial charge is 0.497 e. The van der Waals surface area contributed by atoms with Crippen LogP contribution in [0.1, 0.15) is 23.6 Å². The van der Waals surface area contributed by atoms with Crippen LogP contribution in [0, 0.1) is 0 Å². The third-order valence-corrected chi connectivity index (χ3v) is 20.4. The molecule has 3 aliphatic rings. The molecule has 9 nitrogen and oxygen atoms in total. The predicted molar refractivity (Wildman–Crippen MR) is 417 cm³/mol. The third-order valence-electron chi connectivity index (χ3n) is 20.4. The zero-order chi connectivity index (χ0) is 66.5. The number of allylic oxidation sites excluding steroid dienone is 9. The Hall–Kier alpha value is -13.1. The van der Waals surface area contributed by atoms with Gasteiger partial charge in [0.05, 0.1) is 24.5 Å². The highest BCUT2D eigenvalue weighted by atomic mass is 16.5. The van der Waals surface area contributed by atoms with Gasteiger partial charge in [0.2, 0.25) is 0 Å². The Bertz CT molecular complexity index is 6350. The van der Waals surface area contributed by atoms with Crippen LogP contribution in [0.2, 0.25) is 0 Å². The number of nitrogens with zero attached hydrogens (tertiary/aromatic N) is 6. The molecule has 0 radical (unpaired) electrons. The standard InChI is InChI=1S/C91H62N6O3/c1-56(57-35-39-93-40-36-57)31-34-86(92-2)97(81-30-13-23-64-44-61-19-7-8-20-63(61)47-76(64)81)82-33-32-75-78-50-68(95-42-37-59(38-43-95)58-16-5-4-6-17-58)52-84-87(78)88-79(77-48-65(49-83-89(77)90(75)91(82)100-83)67-45-66(54-94-55-67)62-22-11-24-70(46-62)98-3)51-69(53-85(88)99-84)96-41-15-28-74-73(27-14-29-80(74)96)72-26-12-21-60-18-9-10-25-71(60)72/h4-42,44-55,80H,2,43H2,1,3H3/b56-31+,78-75?,79-77?,86-34+. The molecule has 0 amide bonds. The van der Waals surface area contributed by atoms with Crippen molar-refractivity contribution >= 4 is 144 Å². The van der Waals surface area contributed by atoms with Crippen LogP contribution < -0.4 is 19.4 Å². The lowest BCUT2D eigenvalue weighted by Gasteiger charge is -2.35. The van der Waals surface area contributed by atoms with Crippen LogP contribution in [-0.4, -0.2) is 36.4 Å². The third kappa shape index (κ3) is 9.64. The Morgan fingerprint density at radius 1 is 0.540 bits per heavy atom. The lowest BCUT2D eigenvalue weighted by molar-refractivity contribution is 0.415. The maximum atomic E-state index is 7.86. The molecule has 1 atom stereocenters. The number of aliphatic imine (C=N–C) groups is 1. The van der Waals surface area contributed by atoms with E-state index in [0.717, 1.165) is 138 Å². The first-order valence-corrected chi connectivity index (χ1v) is 33.8. The van der Waals surface area contributed by atoms with Gasteiger partial charge in [-0.25, -0.2) is 4.99 Å². The molecule has 1 unspecified atom stereocenters. The number of furan rings is 2. The van der Waals surface area contributed by atoms with Crippen LogP contribution in [0.25, 0.3) is 137 Å². The molecule has 100 heavy (non-hydrogen) atoms. The van der Waals surface area contributed by atoms with Gasteiger partial charge in [-0.05, 0) is 209 Å². The van der Waals surface area contributed by atoms with Gasteiger partial charge in [-0.1, -0.05) is 164 Å². The number of fused-ring (bicyclic) bond motifs is 6. The average molecular weight is 1290 g/mol. The summed E-state index contributed by atoms with van der Waals surface area (Å²) in [6.45, 7) is 7.11. The molecule has 0 fully saturated rings. The van der Waals surface area contributed by atoms with E-state index >= 15 is 0 Å². The Balaban J connectivity index is 0.909. The fourth-order valence-corrected chi connectivity index (χ4v) is 15.6. The number of methoxy groups -OCH3 is 1. The van der Waals surface area contributed by atoms with Crippen LogP contribution >= 0.6 is 0 Å². The number of benzene rings is 11. The quantitative estimate of drug-likeness (QED) is 0.0641. The van der Waals surface area contributed by atoms with Gasteiger partial charge < -0.3 is 23.4 Å². The maximum Gasteiger partial charge on any atom is 0.160 e. The van der Waals surface area contributed by atoms with Crippen molar-refractivity contribution in [2.24, 2.45) is 4.99 Å². The van der Waals surface area contributed by atoms with Crippen molar-refractivity contribution in [3.8, 4) is 28.0 Å². The molecular weight excluding hydrogens is 1230 g/mol. The van der Waals surface area contributed by atoms with E-state index in [9.17, 15) is 0 Å². The minimum Gasteiger partial charge on any atom is -0.497 e. The topological polar surface area (TPSA) is 83.4 Å². The van der Waals surface area contributed by atoms with E-state index in [1.807, 2.05) is 49.1 Å². The zero-order valence-corrected chi connectivity index (χ0v) is 54.8. The van der Waals surface area contributed by atoms with E-state index in [2.05, 4.69) is 295 Å². The number of hydrogen-bond acceptors (Lipinski definition) is 9. The van der Waals surface area contributed by atoms with Gasteiger partial charge in [0.1, 0.15) is 28.3 Å². The molecule has 4 aromatic heterocycles. The molecular formula is C91H62N6O3. The maximum absolute atomic E-state index is 7.86. The van der Waals surface area contributed by atoms with Crippen LogP contribution in [0.5, 0.6) is 5.75 Å². The number of hydrogen-bond donors (Lipinski definition) is 0. The molecule has 474 valence electrons. The van der Waals surface area contributed by atoms with Gasteiger partial charge in [0, 0.05) is 105 Å². The van der Waals surface area contributed by atoms with Gasteiger partial charge in [-0.15, -0.1) is 0 Å². The highest BCUT2D eigenvalue weighted by molar-refractivity contribution is 6.38. The van der Waals surface area contributed by atoms with E-state index in [1.165, 1.54) is 38.6 Å². The summed E-state index contributed by atoms with van der Waals surface area (Å²) in [5.41, 5.74) is 18.4. The summed E-state index contributed by atoms with van der Waals surface area (Å²) in [5, 5.41) is 14.8. The van der Waals surface area contributed by atoms with E-state index in [-0.39, 0.29) is 6.04 Å². The van der Waals surface area contributed by atoms with Crippen LogP contribution in [0.15, 0.2) is 335 Å². The van der Waals surface area contributed by atoms with Crippen LogP contribution in [0.4, 0.5) is 22.7 Å². The van der Waals surface area contributed by atoms with Gasteiger partial charge in [0.15, 0.2) is 5.58 Å². The van der Waals surface area contributed by atoms with Crippen molar-refractivity contribution in [1.29, 1.82) is 0 Å². The molecule has 0 spiro atoms. The van der Waals surface area contributed by atoms with Gasteiger partial charge in [0.25, 0.3) is 0 Å². The second kappa shape index (κ2) is 23.6. The van der Waals surface area contributed by atoms with Crippen molar-refractivity contribution in [3.05, 3.63) is 338 Å². The molecule has 16 aromatic rings. The minimum absolute atomic E-state index is 0.142. The molecule has 6 heterocycles. The number of ether oxygens (including phenoxy) is 1. The Morgan fingerprint density at radius 3 is 2.08 bits per heavy atom. The van der Waals surface area contributed by atoms with Crippen LogP contribution in [-0.2, 0) is 0 Å². The first-order chi connectivity index (χ1) is 49.4. The summed E-state index contributed by atoms with van der Waals surface area (Å²) >= 11 is 0. The molecule has 2 aliphatic heterocycles. The van der Waals surface area contributed by atoms with Gasteiger partial charge in [-0.3, -0.25) is 14.9 Å². The molecule has 0 N–H and O–H groups in total. The summed E-state index contributed by atoms with van der Waals surface area (Å²) in [6.07, 6.45) is 31.9. The molecule has 12 aromatic carbocycles. The SMILES string of the molecule is C=N/C(=C\C=C(/C)c1ccncc1)N(c1cccc2cc3ccccc3cc12)c1ccc2c3cc(N4C=CC(c5ccccc5)=CC4)cc4oc5cc(N6C=CC=C7C(c8cccc9ccccc89)=CC=CC76)cc(c6cc(-c7cncc(-c8cccc(OC)c8)c7)cc7oc1c2c76)c5c43. The van der Waals surface area contributed by atoms with Crippen molar-refractivity contribution in [1.82, 2.24) is 9.97 Å². The Morgan fingerprint density at radius 2 is 1.25 bits per heavy atom. The van der Waals surface area contributed by atoms with Gasteiger partial charge in [-0.2, -0.15) is 0 Å². The Kier molecular flexibility index (Phi) is 13.8. The highest BCUT2D eigenvalue weighted by Gasteiger charge is 2.32. The fraction of sp³-hybridized carbons (Fsp3) is 0.0440. The fourth-order valence-electron chi connectivity index (χ4n) is 15.6. The number of rotatable bonds is 13. The van der Waals surface area contributed by atoms with Crippen molar-refractivity contribution in [3.63, 3.8) is 0 Å². The summed E-state index contributed by atoms with van der Waals surface area (Å²) in [4.78, 5) is 21.2. The van der Waals surface area contributed by atoms with Gasteiger partial charge >= 0.3 is 0 Å². The molecule has 9 heteroatoms. The molecule has 0 saturated carbocycles. The molecule has 19 rings (SSSR count). The predicted octanol–water partition coefficient (Wildman–Crippen LogP) is 23.3. The Labute approximate surface area is 576 Å². The number of aromatic nitrogens is 2. The van der Waals surface area contributed by atoms with Crippen molar-refractivity contribution in [2.75, 3.05) is 28.4 Å². The number of pyridine rings is 2. The van der Waals surface area contributed by atoms with Crippen molar-refractivity contribution < 1.29 is 13.6 Å². The monoisotopic (exact) mass is 1290 g/mol. The smallest absolute Gasteiger partial charge is 0.160 e. The first-order valence-electron chi connectivity index (χ1n) is 33.8. The lowest BCUT2D eigenvalue weighted by atomic mass is 9.84. The van der Waals surface area contributed by atoms with E-state index < -0.39 is 0 Å². The average Bonchev–Trinajstić information content (AvgIpc) is 1.51. The zero-order valence-electron chi connectivity index (χ0n) is 54.8. The van der Waals surface area contributed by atoms with E-state index in [4.69, 9.17) is 23.5 Å². The number of anilines is 4. The van der Waals surface area contributed by atoms with Crippen LogP contribution in [0.3, 0.4) is 0 Å². The van der Waals surface area contributed by atoms with Crippen molar-refractivity contribution in [2.45, 2.75) is 13.0 Å². The highest BCUT2D eigenvalue weighted by Crippen LogP contribution is 2.53.